The minimum atomic E-state index is -4.93. The molecule has 3 heterocycles. The summed E-state index contributed by atoms with van der Waals surface area (Å²) in [6, 6.07) is -0.670. The summed E-state index contributed by atoms with van der Waals surface area (Å²) < 4.78 is 36.4. The first-order valence-electron chi connectivity index (χ1n) is 8.12. The second-order valence-electron chi connectivity index (χ2n) is 6.23. The summed E-state index contributed by atoms with van der Waals surface area (Å²) in [4.78, 5) is 42.6. The molecule has 2 aliphatic rings. The molecule has 0 aromatic carbocycles. The number of β-lactam (4-membered cyclic amide) rings is 1. The molecule has 1 saturated heterocycles. The molecule has 28 heavy (non-hydrogen) atoms. The fourth-order valence-corrected chi connectivity index (χ4v) is 4.19. The van der Waals surface area contributed by atoms with Crippen LogP contribution < -0.4 is 10.6 Å². The van der Waals surface area contributed by atoms with Crippen LogP contribution >= 0.6 is 11.8 Å². The maximum atomic E-state index is 12.4. The number of anilines is 1. The van der Waals surface area contributed by atoms with Gasteiger partial charge < -0.3 is 20.7 Å². The van der Waals surface area contributed by atoms with Crippen LogP contribution in [0.3, 0.4) is 0 Å². The topological polar surface area (TPSA) is 127 Å². The number of aromatic nitrogens is 2. The van der Waals surface area contributed by atoms with Gasteiger partial charge in [-0.1, -0.05) is 0 Å². The molecular formula is C15H16F3N5O4S. The first-order chi connectivity index (χ1) is 13.1. The molecule has 2 amide bonds. The number of hydrogen-bond acceptors (Lipinski definition) is 6. The second-order valence-corrected chi connectivity index (χ2v) is 7.33. The number of halogens is 3. The monoisotopic (exact) mass is 419 g/mol. The van der Waals surface area contributed by atoms with Gasteiger partial charge in [-0.25, -0.2) is 9.78 Å². The molecular weight excluding hydrogens is 403 g/mol. The molecule has 1 unspecified atom stereocenters. The largest absolute Gasteiger partial charge is 0.477 e. The first kappa shape index (κ1) is 20.0. The third-order valence-electron chi connectivity index (χ3n) is 4.22. The molecule has 0 radical (unpaired) electrons. The van der Waals surface area contributed by atoms with Gasteiger partial charge in [-0.15, -0.1) is 11.8 Å². The van der Waals surface area contributed by atoms with E-state index in [2.05, 4.69) is 15.3 Å². The maximum absolute atomic E-state index is 12.4. The zero-order valence-corrected chi connectivity index (χ0v) is 15.3. The van der Waals surface area contributed by atoms with Crippen molar-refractivity contribution in [2.75, 3.05) is 17.6 Å². The molecule has 0 aliphatic carbocycles. The van der Waals surface area contributed by atoms with Crippen molar-refractivity contribution in [1.82, 2.24) is 20.2 Å². The number of rotatable bonds is 6. The number of aromatic amines is 1. The van der Waals surface area contributed by atoms with Crippen molar-refractivity contribution in [2.45, 2.75) is 30.9 Å². The molecule has 1 aromatic heterocycles. The number of carboxylic acids is 1. The van der Waals surface area contributed by atoms with Crippen LogP contribution in [0.4, 0.5) is 19.1 Å². The van der Waals surface area contributed by atoms with Crippen molar-refractivity contribution in [3.63, 3.8) is 0 Å². The highest BCUT2D eigenvalue weighted by Crippen LogP contribution is 2.40. The summed E-state index contributed by atoms with van der Waals surface area (Å²) in [6.07, 6.45) is -3.47. The van der Waals surface area contributed by atoms with Gasteiger partial charge in [-0.05, 0) is 12.5 Å². The van der Waals surface area contributed by atoms with Gasteiger partial charge in [-0.2, -0.15) is 13.2 Å². The zero-order valence-electron chi connectivity index (χ0n) is 14.5. The molecule has 0 bridgehead atoms. The van der Waals surface area contributed by atoms with E-state index in [1.165, 1.54) is 22.9 Å². The van der Waals surface area contributed by atoms with Crippen LogP contribution in [0.25, 0.3) is 0 Å². The summed E-state index contributed by atoms with van der Waals surface area (Å²) in [7, 11) is 0. The van der Waals surface area contributed by atoms with Gasteiger partial charge in [0, 0.05) is 24.4 Å². The van der Waals surface area contributed by atoms with Gasteiger partial charge in [0.1, 0.15) is 17.1 Å². The number of carboxylic acid groups (broad SMARTS) is 1. The van der Waals surface area contributed by atoms with Gasteiger partial charge in [0.15, 0.2) is 0 Å². The molecule has 1 aromatic rings. The number of amides is 2. The van der Waals surface area contributed by atoms with Crippen LogP contribution in [0.1, 0.15) is 12.6 Å². The molecule has 152 valence electrons. The van der Waals surface area contributed by atoms with Crippen LogP contribution in [0.2, 0.25) is 0 Å². The van der Waals surface area contributed by atoms with E-state index in [-0.39, 0.29) is 30.0 Å². The fraction of sp³-hybridized carbons (Fsp3) is 0.467. The first-order valence-corrected chi connectivity index (χ1v) is 9.17. The second kappa shape index (κ2) is 7.37. The van der Waals surface area contributed by atoms with Crippen LogP contribution in [0.15, 0.2) is 17.5 Å². The summed E-state index contributed by atoms with van der Waals surface area (Å²) in [5.41, 5.74) is 1.07. The summed E-state index contributed by atoms with van der Waals surface area (Å²) in [6.45, 7) is 1.43. The molecule has 1 fully saturated rings. The van der Waals surface area contributed by atoms with Crippen molar-refractivity contribution in [3.05, 3.63) is 23.2 Å². The van der Waals surface area contributed by atoms with Gasteiger partial charge in [0.05, 0.1) is 6.20 Å². The third-order valence-corrected chi connectivity index (χ3v) is 5.64. The number of nitrogens with zero attached hydrogens (tertiary/aromatic N) is 2. The van der Waals surface area contributed by atoms with Crippen molar-refractivity contribution in [1.29, 1.82) is 0 Å². The number of carbonyl (C=O) groups excluding carboxylic acids is 2. The minimum absolute atomic E-state index is 0.00709. The Bertz CT molecular complexity index is 853. The number of nitrogens with one attached hydrogen (secondary N) is 3. The van der Waals surface area contributed by atoms with Crippen molar-refractivity contribution < 1.29 is 32.7 Å². The number of carbonyl (C=O) groups is 3. The Labute approximate surface area is 160 Å². The number of fused-ring (bicyclic) bond motifs is 1. The lowest BCUT2D eigenvalue weighted by Gasteiger charge is -2.49. The van der Waals surface area contributed by atoms with Gasteiger partial charge in [-0.3, -0.25) is 14.5 Å². The number of imidazole rings is 1. The highest BCUT2D eigenvalue weighted by Gasteiger charge is 2.53. The average molecular weight is 419 g/mol. The maximum Gasteiger partial charge on any atom is 0.471 e. The van der Waals surface area contributed by atoms with E-state index in [1.807, 2.05) is 0 Å². The Kier molecular flexibility index (Phi) is 5.28. The molecule has 2 atom stereocenters. The predicted octanol–water partition coefficient (Wildman–Crippen LogP) is 0.685. The predicted molar refractivity (Wildman–Crippen MR) is 92.2 cm³/mol. The van der Waals surface area contributed by atoms with E-state index in [9.17, 15) is 32.7 Å². The van der Waals surface area contributed by atoms with E-state index >= 15 is 0 Å². The Morgan fingerprint density at radius 1 is 1.46 bits per heavy atom. The van der Waals surface area contributed by atoms with Crippen LogP contribution in [-0.2, 0) is 20.8 Å². The van der Waals surface area contributed by atoms with Gasteiger partial charge >= 0.3 is 18.1 Å². The third kappa shape index (κ3) is 3.79. The van der Waals surface area contributed by atoms with E-state index in [1.54, 1.807) is 12.2 Å². The molecule has 3 rings (SSSR count). The number of H-pyrrole nitrogens is 1. The number of hydrogen-bond donors (Lipinski definition) is 4. The van der Waals surface area contributed by atoms with Crippen LogP contribution in [0.5, 0.6) is 0 Å². The average Bonchev–Trinajstić information content (AvgIpc) is 3.05. The van der Waals surface area contributed by atoms with Crippen LogP contribution in [0, 0.1) is 0 Å². The molecule has 0 spiro atoms. The molecule has 2 aliphatic heterocycles. The lowest BCUT2D eigenvalue weighted by Crippen LogP contribution is -2.67. The quantitative estimate of drug-likeness (QED) is 0.500. The summed E-state index contributed by atoms with van der Waals surface area (Å²) in [5.74, 6) is -2.85. The lowest BCUT2D eigenvalue weighted by atomic mass is 10.0. The smallest absolute Gasteiger partial charge is 0.471 e. The molecule has 4 N–H and O–H groups in total. The summed E-state index contributed by atoms with van der Waals surface area (Å²) >= 11 is 1.43. The van der Waals surface area contributed by atoms with Crippen LogP contribution in [-0.4, -0.2) is 67.6 Å². The number of alkyl halides is 3. The van der Waals surface area contributed by atoms with Gasteiger partial charge in [0.2, 0.25) is 5.95 Å². The van der Waals surface area contributed by atoms with Crippen molar-refractivity contribution in [2.24, 2.45) is 0 Å². The highest BCUT2D eigenvalue weighted by molar-refractivity contribution is 8.00. The van der Waals surface area contributed by atoms with Gasteiger partial charge in [0.25, 0.3) is 5.91 Å². The zero-order chi connectivity index (χ0) is 20.6. The Hall–Kier alpha value is -2.70. The van der Waals surface area contributed by atoms with E-state index in [0.29, 0.717) is 17.0 Å². The van der Waals surface area contributed by atoms with E-state index in [0.717, 1.165) is 0 Å². The lowest BCUT2D eigenvalue weighted by molar-refractivity contribution is -0.173. The Morgan fingerprint density at radius 2 is 2.18 bits per heavy atom. The van der Waals surface area contributed by atoms with E-state index in [4.69, 9.17) is 0 Å². The Morgan fingerprint density at radius 3 is 2.82 bits per heavy atom. The molecule has 13 heteroatoms. The number of thioether (sulfide) groups is 1. The van der Waals surface area contributed by atoms with Crippen molar-refractivity contribution >= 4 is 35.5 Å². The fourth-order valence-electron chi connectivity index (χ4n) is 2.89. The van der Waals surface area contributed by atoms with E-state index < -0.39 is 30.0 Å². The molecule has 0 saturated carbocycles. The number of aliphatic carboxylic acids is 1. The Balaban J connectivity index is 1.56. The molecule has 9 nitrogen and oxygen atoms in total. The summed E-state index contributed by atoms with van der Waals surface area (Å²) in [5, 5.41) is 13.5. The standard InChI is InChI=1S/C15H16F3N5O4S/c1-6-5-28-11-8(10(24)23(11)9(6)12(25)26)22-14-20-4-7(21-14)2-3-19-13(27)15(16,17)18/h4,8,11H,2-3,5H2,1H3,(H,19,27)(H,25,26)(H2,20,21,22)/t8?,11-/m0/s1. The van der Waals surface area contributed by atoms with Crippen molar-refractivity contribution in [3.8, 4) is 0 Å². The highest BCUT2D eigenvalue weighted by atomic mass is 32.2. The SMILES string of the molecule is CC1=C(C(=O)O)N2C(=O)C(Nc3ncc(CCNC(=O)C(F)(F)F)[nH]3)[C@@H]2SC1. The normalized spacial score (nSPS) is 21.9. The minimum Gasteiger partial charge on any atom is -0.477 e.